The van der Waals surface area contributed by atoms with E-state index in [4.69, 9.17) is 33.7 Å². The van der Waals surface area contributed by atoms with Crippen LogP contribution in [-0.2, 0) is 0 Å². The summed E-state index contributed by atoms with van der Waals surface area (Å²) in [5.74, 6) is 0.0701. The van der Waals surface area contributed by atoms with Gasteiger partial charge in [0.05, 0.1) is 34.1 Å². The Labute approximate surface area is 132 Å². The molecule has 7 heteroatoms. The van der Waals surface area contributed by atoms with Gasteiger partial charge in [-0.1, -0.05) is 23.2 Å². The van der Waals surface area contributed by atoms with E-state index in [-0.39, 0.29) is 15.6 Å². The number of halogens is 2. The van der Waals surface area contributed by atoms with Gasteiger partial charge in [0.2, 0.25) is 5.88 Å². The summed E-state index contributed by atoms with van der Waals surface area (Å²) in [7, 11) is 0. The highest BCUT2D eigenvalue weighted by atomic mass is 35.5. The van der Waals surface area contributed by atoms with Crippen LogP contribution in [0.15, 0.2) is 30.5 Å². The van der Waals surface area contributed by atoms with Crippen LogP contribution in [0.25, 0.3) is 0 Å². The van der Waals surface area contributed by atoms with Crippen LogP contribution >= 0.6 is 23.2 Å². The van der Waals surface area contributed by atoms with Crippen LogP contribution < -0.4 is 15.8 Å². The first kappa shape index (κ1) is 15.4. The largest absolute Gasteiger partial charge is 0.478 e. The molecule has 1 amide bonds. The monoisotopic (exact) mass is 325 g/mol. The zero-order valence-electron chi connectivity index (χ0n) is 11.2. The molecular formula is C14H13Cl2N3O2. The minimum Gasteiger partial charge on any atom is -0.478 e. The summed E-state index contributed by atoms with van der Waals surface area (Å²) in [6, 6.07) is 6.29. The van der Waals surface area contributed by atoms with Crippen molar-refractivity contribution >= 4 is 40.5 Å². The van der Waals surface area contributed by atoms with Crippen LogP contribution in [0, 0.1) is 0 Å². The Kier molecular flexibility index (Phi) is 4.88. The van der Waals surface area contributed by atoms with E-state index in [1.807, 2.05) is 6.92 Å². The minimum atomic E-state index is -0.417. The molecule has 1 heterocycles. The lowest BCUT2D eigenvalue weighted by Crippen LogP contribution is -2.13. The van der Waals surface area contributed by atoms with Gasteiger partial charge in [-0.3, -0.25) is 4.79 Å². The third-order valence-electron chi connectivity index (χ3n) is 2.58. The number of pyridine rings is 1. The summed E-state index contributed by atoms with van der Waals surface area (Å²) in [5.41, 5.74) is 6.74. The quantitative estimate of drug-likeness (QED) is 0.841. The number of benzene rings is 1. The second-order valence-corrected chi connectivity index (χ2v) is 4.92. The number of amides is 1. The number of nitrogens with one attached hydrogen (secondary N) is 1. The van der Waals surface area contributed by atoms with Crippen molar-refractivity contribution in [2.24, 2.45) is 0 Å². The standard InChI is InChI=1S/C14H13Cl2N3O2/c1-2-21-12-4-3-9(7-18-12)19-14(20)10-5-8(17)6-11(15)13(10)16/h3-7H,2,17H2,1H3,(H,19,20). The third kappa shape index (κ3) is 3.77. The second kappa shape index (κ2) is 6.65. The van der Waals surface area contributed by atoms with E-state index in [0.29, 0.717) is 23.9 Å². The van der Waals surface area contributed by atoms with Gasteiger partial charge in [-0.25, -0.2) is 4.98 Å². The lowest BCUT2D eigenvalue weighted by molar-refractivity contribution is 0.102. The van der Waals surface area contributed by atoms with Crippen molar-refractivity contribution < 1.29 is 9.53 Å². The Hall–Kier alpha value is -1.98. The molecule has 3 N–H and O–H groups in total. The fourth-order valence-corrected chi connectivity index (χ4v) is 2.08. The molecule has 0 fully saturated rings. The highest BCUT2D eigenvalue weighted by molar-refractivity contribution is 6.44. The van der Waals surface area contributed by atoms with E-state index in [1.54, 1.807) is 12.1 Å². The molecule has 0 saturated carbocycles. The summed E-state index contributed by atoms with van der Waals surface area (Å²) in [6.45, 7) is 2.39. The number of rotatable bonds is 4. The molecule has 1 aromatic heterocycles. The fourth-order valence-electron chi connectivity index (χ4n) is 1.66. The molecule has 0 bridgehead atoms. The first-order valence-electron chi connectivity index (χ1n) is 6.16. The van der Waals surface area contributed by atoms with Gasteiger partial charge in [0.25, 0.3) is 5.91 Å². The predicted octanol–water partition coefficient (Wildman–Crippen LogP) is 3.62. The zero-order valence-corrected chi connectivity index (χ0v) is 12.7. The maximum Gasteiger partial charge on any atom is 0.257 e. The van der Waals surface area contributed by atoms with Crippen molar-refractivity contribution in [1.29, 1.82) is 0 Å². The lowest BCUT2D eigenvalue weighted by Gasteiger charge is -2.09. The van der Waals surface area contributed by atoms with Gasteiger partial charge in [-0.2, -0.15) is 0 Å². The topological polar surface area (TPSA) is 77.2 Å². The number of aromatic nitrogens is 1. The van der Waals surface area contributed by atoms with Crippen molar-refractivity contribution in [2.45, 2.75) is 6.92 Å². The molecule has 0 unspecified atom stereocenters. The third-order valence-corrected chi connectivity index (χ3v) is 3.38. The zero-order chi connectivity index (χ0) is 15.4. The van der Waals surface area contributed by atoms with E-state index < -0.39 is 5.91 Å². The van der Waals surface area contributed by atoms with E-state index in [9.17, 15) is 4.79 Å². The Morgan fingerprint density at radius 2 is 2.14 bits per heavy atom. The maximum atomic E-state index is 12.2. The molecule has 2 aromatic rings. The van der Waals surface area contributed by atoms with E-state index >= 15 is 0 Å². The molecule has 0 aliphatic carbocycles. The number of carbonyl (C=O) groups is 1. The van der Waals surface area contributed by atoms with E-state index in [0.717, 1.165) is 0 Å². The van der Waals surface area contributed by atoms with Crippen molar-refractivity contribution in [3.63, 3.8) is 0 Å². The average molecular weight is 326 g/mol. The number of nitrogens with two attached hydrogens (primary N) is 1. The van der Waals surface area contributed by atoms with Crippen LogP contribution in [0.2, 0.25) is 10.0 Å². The van der Waals surface area contributed by atoms with Crippen molar-refractivity contribution in [2.75, 3.05) is 17.7 Å². The van der Waals surface area contributed by atoms with Gasteiger partial charge in [0.1, 0.15) is 0 Å². The minimum absolute atomic E-state index is 0.155. The summed E-state index contributed by atoms with van der Waals surface area (Å²) in [6.07, 6.45) is 1.49. The Balaban J connectivity index is 2.18. The van der Waals surface area contributed by atoms with Gasteiger partial charge in [-0.05, 0) is 25.1 Å². The van der Waals surface area contributed by atoms with Crippen LogP contribution in [0.1, 0.15) is 17.3 Å². The smallest absolute Gasteiger partial charge is 0.257 e. The summed E-state index contributed by atoms with van der Waals surface area (Å²) in [4.78, 5) is 16.2. The SMILES string of the molecule is CCOc1ccc(NC(=O)c2cc(N)cc(Cl)c2Cl)cn1. The molecule has 5 nitrogen and oxygen atoms in total. The second-order valence-electron chi connectivity index (χ2n) is 4.14. The normalized spacial score (nSPS) is 10.2. The fraction of sp³-hybridized carbons (Fsp3) is 0.143. The Morgan fingerprint density at radius 1 is 1.38 bits per heavy atom. The molecule has 0 radical (unpaired) electrons. The molecular weight excluding hydrogens is 313 g/mol. The van der Waals surface area contributed by atoms with Gasteiger partial charge >= 0.3 is 0 Å². The van der Waals surface area contributed by atoms with Crippen LogP contribution in [0.4, 0.5) is 11.4 Å². The van der Waals surface area contributed by atoms with Crippen molar-refractivity contribution in [1.82, 2.24) is 4.98 Å². The molecule has 0 aliphatic rings. The first-order chi connectivity index (χ1) is 10.0. The molecule has 1 aromatic carbocycles. The van der Waals surface area contributed by atoms with Crippen LogP contribution in [0.3, 0.4) is 0 Å². The van der Waals surface area contributed by atoms with Gasteiger partial charge in [0, 0.05) is 11.8 Å². The van der Waals surface area contributed by atoms with E-state index in [2.05, 4.69) is 10.3 Å². The number of hydrogen-bond acceptors (Lipinski definition) is 4. The lowest BCUT2D eigenvalue weighted by atomic mass is 10.2. The molecule has 0 atom stereocenters. The molecule has 2 rings (SSSR count). The number of hydrogen-bond donors (Lipinski definition) is 2. The average Bonchev–Trinajstić information content (AvgIpc) is 2.45. The number of anilines is 2. The number of carbonyl (C=O) groups excluding carboxylic acids is 1. The van der Waals surface area contributed by atoms with Gasteiger partial charge in [0.15, 0.2) is 0 Å². The summed E-state index contributed by atoms with van der Waals surface area (Å²) in [5, 5.41) is 3.05. The summed E-state index contributed by atoms with van der Waals surface area (Å²) < 4.78 is 5.22. The first-order valence-corrected chi connectivity index (χ1v) is 6.91. The van der Waals surface area contributed by atoms with Gasteiger partial charge in [-0.15, -0.1) is 0 Å². The number of nitrogens with zero attached hydrogens (tertiary/aromatic N) is 1. The number of nitrogen functional groups attached to an aromatic ring is 1. The van der Waals surface area contributed by atoms with E-state index in [1.165, 1.54) is 18.3 Å². The highest BCUT2D eigenvalue weighted by Crippen LogP contribution is 2.29. The Morgan fingerprint density at radius 3 is 2.76 bits per heavy atom. The molecule has 0 saturated heterocycles. The molecule has 21 heavy (non-hydrogen) atoms. The highest BCUT2D eigenvalue weighted by Gasteiger charge is 2.14. The molecule has 0 spiro atoms. The van der Waals surface area contributed by atoms with Crippen molar-refractivity contribution in [3.05, 3.63) is 46.1 Å². The summed E-state index contributed by atoms with van der Waals surface area (Å²) >= 11 is 11.9. The molecule has 0 aliphatic heterocycles. The Bertz CT molecular complexity index is 660. The van der Waals surface area contributed by atoms with Gasteiger partial charge < -0.3 is 15.8 Å². The maximum absolute atomic E-state index is 12.2. The van der Waals surface area contributed by atoms with Crippen molar-refractivity contribution in [3.8, 4) is 5.88 Å². The molecule has 110 valence electrons. The number of ether oxygens (including phenoxy) is 1. The predicted molar refractivity (Wildman–Crippen MR) is 84.2 cm³/mol. The van der Waals surface area contributed by atoms with Crippen LogP contribution in [-0.4, -0.2) is 17.5 Å². The van der Waals surface area contributed by atoms with Crippen LogP contribution in [0.5, 0.6) is 5.88 Å².